The van der Waals surface area contributed by atoms with E-state index in [-0.39, 0.29) is 54.5 Å². The summed E-state index contributed by atoms with van der Waals surface area (Å²) in [5.74, 6) is -0.123. The summed E-state index contributed by atoms with van der Waals surface area (Å²) in [7, 11) is -3.67. The predicted octanol–water partition coefficient (Wildman–Crippen LogP) is -2.20. The smallest absolute Gasteiger partial charge is 0.414 e. The second kappa shape index (κ2) is 8.43. The van der Waals surface area contributed by atoms with Gasteiger partial charge in [-0.2, -0.15) is 8.42 Å². The Morgan fingerprint density at radius 3 is 1.79 bits per heavy atom. The number of rotatable bonds is 2. The summed E-state index contributed by atoms with van der Waals surface area (Å²) in [4.78, 5) is 9.56. The van der Waals surface area contributed by atoms with Crippen molar-refractivity contribution in [2.24, 2.45) is 0 Å². The SMILES string of the molecule is C=C1OC1=O.CCCS(=O)(=O)O.[CH3-].[Na+]. The predicted molar refractivity (Wildman–Crippen MR) is 48.4 cm³/mol. The summed E-state index contributed by atoms with van der Waals surface area (Å²) in [5, 5.41) is 0. The molecule has 1 rings (SSSR count). The van der Waals surface area contributed by atoms with Crippen LogP contribution in [0.25, 0.3) is 0 Å². The van der Waals surface area contributed by atoms with Crippen molar-refractivity contribution in [2.45, 2.75) is 13.3 Å². The Morgan fingerprint density at radius 2 is 1.79 bits per heavy atom. The van der Waals surface area contributed by atoms with Crippen LogP contribution in [-0.2, 0) is 19.6 Å². The molecule has 0 unspecified atom stereocenters. The molecule has 5 nitrogen and oxygen atoms in total. The normalized spacial score (nSPS) is 12.4. The molecule has 0 aliphatic carbocycles. The average Bonchev–Trinajstić information content (AvgIpc) is 2.43. The minimum absolute atomic E-state index is 0. The fourth-order valence-corrected chi connectivity index (χ4v) is 0.860. The number of hydrogen-bond acceptors (Lipinski definition) is 4. The minimum Gasteiger partial charge on any atom is -0.414 e. The largest absolute Gasteiger partial charge is 1.00 e. The van der Waals surface area contributed by atoms with Crippen LogP contribution in [0, 0.1) is 7.43 Å². The molecule has 0 aromatic rings. The molecule has 78 valence electrons. The molecule has 1 fully saturated rings. The minimum atomic E-state index is -3.67. The molecule has 0 bridgehead atoms. The molecule has 1 aliphatic heterocycles. The van der Waals surface area contributed by atoms with Crippen molar-refractivity contribution in [2.75, 3.05) is 5.75 Å². The third kappa shape index (κ3) is 14.6. The maximum absolute atomic E-state index is 9.79. The first-order valence-corrected chi connectivity index (χ1v) is 4.84. The summed E-state index contributed by atoms with van der Waals surface area (Å²) < 4.78 is 31.6. The molecule has 14 heavy (non-hydrogen) atoms. The Bertz CT molecular complexity index is 270. The van der Waals surface area contributed by atoms with E-state index in [4.69, 9.17) is 4.55 Å². The molecule has 1 N–H and O–H groups in total. The van der Waals surface area contributed by atoms with Crippen LogP contribution in [0.2, 0.25) is 0 Å². The first-order valence-electron chi connectivity index (χ1n) is 3.23. The standard InChI is InChI=1S/C3H8O3S.C3H2O2.CH3.Na/c1-2-3-7(4,5)6;1-2-3(4)5-2;;/h2-3H2,1H3,(H,4,5,6);1H2;1H3;/q;;-1;+1. The molecule has 1 saturated heterocycles. The van der Waals surface area contributed by atoms with Crippen LogP contribution in [-0.4, -0.2) is 24.7 Å². The van der Waals surface area contributed by atoms with Gasteiger partial charge in [-0.1, -0.05) is 6.92 Å². The molecule has 0 saturated carbocycles. The second-order valence-electron chi connectivity index (χ2n) is 2.10. The second-order valence-corrected chi connectivity index (χ2v) is 3.67. The summed E-state index contributed by atoms with van der Waals surface area (Å²) in [6.07, 6.45) is 0.471. The monoisotopic (exact) mass is 232 g/mol. The van der Waals surface area contributed by atoms with Crippen molar-refractivity contribution in [1.29, 1.82) is 0 Å². The van der Waals surface area contributed by atoms with E-state index in [1.165, 1.54) is 0 Å². The molecule has 0 aromatic carbocycles. The third-order valence-corrected chi connectivity index (χ3v) is 1.79. The number of epoxide rings is 1. The van der Waals surface area contributed by atoms with E-state index >= 15 is 0 Å². The quantitative estimate of drug-likeness (QED) is 0.192. The Kier molecular flexibility index (Phi) is 11.8. The fourth-order valence-electron chi connectivity index (χ4n) is 0.344. The van der Waals surface area contributed by atoms with Crippen LogP contribution in [0.3, 0.4) is 0 Å². The van der Waals surface area contributed by atoms with Crippen LogP contribution in [0.5, 0.6) is 0 Å². The van der Waals surface area contributed by atoms with Crippen LogP contribution in [0.1, 0.15) is 13.3 Å². The molecule has 0 amide bonds. The number of carbonyl (C=O) groups excluding carboxylic acids is 1. The molecule has 1 aliphatic rings. The van der Waals surface area contributed by atoms with Gasteiger partial charge < -0.3 is 12.2 Å². The fraction of sp³-hybridized carbons (Fsp3) is 0.429. The molecular formula is C7H13NaO5S. The van der Waals surface area contributed by atoms with Crippen molar-refractivity contribution in [3.05, 3.63) is 19.8 Å². The summed E-state index contributed by atoms with van der Waals surface area (Å²) in [6.45, 7) is 4.86. The Hall–Kier alpha value is 0.120. The van der Waals surface area contributed by atoms with Gasteiger partial charge in [-0.25, -0.2) is 4.79 Å². The van der Waals surface area contributed by atoms with Crippen molar-refractivity contribution in [3.8, 4) is 0 Å². The zero-order chi connectivity index (χ0) is 9.78. The van der Waals surface area contributed by atoms with Gasteiger partial charge in [-0.15, -0.1) is 0 Å². The zero-order valence-corrected chi connectivity index (χ0v) is 11.4. The Labute approximate surface area is 107 Å². The van der Waals surface area contributed by atoms with Crippen molar-refractivity contribution in [3.63, 3.8) is 0 Å². The number of cyclic esters (lactones) is 1. The van der Waals surface area contributed by atoms with Gasteiger partial charge in [0.2, 0.25) is 5.76 Å². The summed E-state index contributed by atoms with van der Waals surface area (Å²) >= 11 is 0. The average molecular weight is 232 g/mol. The van der Waals surface area contributed by atoms with Gasteiger partial charge in [0.25, 0.3) is 10.1 Å². The van der Waals surface area contributed by atoms with Gasteiger partial charge in [0, 0.05) is 0 Å². The molecule has 1 heterocycles. The molecule has 0 atom stereocenters. The van der Waals surface area contributed by atoms with Gasteiger partial charge in [-0.3, -0.25) is 4.55 Å². The van der Waals surface area contributed by atoms with Crippen LogP contribution in [0.4, 0.5) is 0 Å². The van der Waals surface area contributed by atoms with Gasteiger partial charge in [0.1, 0.15) is 0 Å². The third-order valence-electron chi connectivity index (χ3n) is 0.864. The van der Waals surface area contributed by atoms with Crippen molar-refractivity contribution in [1.82, 2.24) is 0 Å². The van der Waals surface area contributed by atoms with Crippen molar-refractivity contribution >= 4 is 16.1 Å². The van der Waals surface area contributed by atoms with Crippen LogP contribution < -0.4 is 29.6 Å². The maximum Gasteiger partial charge on any atom is 1.00 e. The van der Waals surface area contributed by atoms with E-state index in [2.05, 4.69) is 11.3 Å². The molecule has 0 aromatic heterocycles. The Balaban J connectivity index is -0.000000155. The van der Waals surface area contributed by atoms with Gasteiger partial charge in [0.15, 0.2) is 0 Å². The van der Waals surface area contributed by atoms with Crippen molar-refractivity contribution < 1.29 is 52.1 Å². The number of carbonyl (C=O) groups is 1. The molecular weight excluding hydrogens is 219 g/mol. The van der Waals surface area contributed by atoms with E-state index in [0.717, 1.165) is 0 Å². The van der Waals surface area contributed by atoms with E-state index in [1.807, 2.05) is 0 Å². The first-order chi connectivity index (χ1) is 5.37. The summed E-state index contributed by atoms with van der Waals surface area (Å²) in [5.41, 5.74) is 0. The van der Waals surface area contributed by atoms with Crippen LogP contribution in [0.15, 0.2) is 12.3 Å². The van der Waals surface area contributed by atoms with Gasteiger partial charge >= 0.3 is 35.5 Å². The van der Waals surface area contributed by atoms with E-state index < -0.39 is 10.1 Å². The molecule has 7 heteroatoms. The Morgan fingerprint density at radius 1 is 1.50 bits per heavy atom. The number of ether oxygens (including phenoxy) is 1. The topological polar surface area (TPSA) is 84.0 Å². The van der Waals surface area contributed by atoms with Gasteiger partial charge in [0.05, 0.1) is 5.75 Å². The van der Waals surface area contributed by atoms with E-state index in [9.17, 15) is 13.2 Å². The first kappa shape index (κ1) is 19.7. The van der Waals surface area contributed by atoms with E-state index in [0.29, 0.717) is 6.42 Å². The number of hydrogen-bond donors (Lipinski definition) is 1. The molecule has 0 radical (unpaired) electrons. The summed E-state index contributed by atoms with van der Waals surface area (Å²) in [6, 6.07) is 0. The van der Waals surface area contributed by atoms with Crippen LogP contribution >= 0.6 is 0 Å². The van der Waals surface area contributed by atoms with Gasteiger partial charge in [-0.05, 0) is 13.0 Å². The zero-order valence-electron chi connectivity index (χ0n) is 8.61. The molecule has 0 spiro atoms. The van der Waals surface area contributed by atoms with E-state index in [1.54, 1.807) is 6.92 Å². The maximum atomic E-state index is 9.79.